The topological polar surface area (TPSA) is 91.6 Å². The standard InChI is InChI=1S/C20H21N3O4/c24-17-8-4-7-16-15-9-13(11-23(16)17)10-22(12-15)20(27)21-18(19(25)26)14-5-2-1-3-6-14/h1-8,13,15,18H,9-12H2,(H,21,27)(H,25,26)/t13-,15+,18-/m1/s1. The Bertz CT molecular complexity index is 924. The van der Waals surface area contributed by atoms with Gasteiger partial charge in [0.2, 0.25) is 0 Å². The van der Waals surface area contributed by atoms with Gasteiger partial charge in [0.15, 0.2) is 6.04 Å². The summed E-state index contributed by atoms with van der Waals surface area (Å²) in [6.07, 6.45) is 0.939. The number of hydrogen-bond acceptors (Lipinski definition) is 3. The van der Waals surface area contributed by atoms with Crippen LogP contribution in [0.4, 0.5) is 4.79 Å². The van der Waals surface area contributed by atoms with Crippen LogP contribution in [0.2, 0.25) is 0 Å². The van der Waals surface area contributed by atoms with E-state index in [1.54, 1.807) is 51.9 Å². The van der Waals surface area contributed by atoms with Crippen LogP contribution in [0.3, 0.4) is 0 Å². The summed E-state index contributed by atoms with van der Waals surface area (Å²) in [6, 6.07) is 12.5. The predicted molar refractivity (Wildman–Crippen MR) is 98.5 cm³/mol. The molecular formula is C20H21N3O4. The lowest BCUT2D eigenvalue weighted by molar-refractivity contribution is -0.139. The van der Waals surface area contributed by atoms with Crippen LogP contribution in [-0.2, 0) is 11.3 Å². The van der Waals surface area contributed by atoms with Crippen molar-refractivity contribution in [3.05, 3.63) is 70.1 Å². The summed E-state index contributed by atoms with van der Waals surface area (Å²) in [4.78, 5) is 38.2. The molecule has 2 aromatic rings. The number of aromatic nitrogens is 1. The van der Waals surface area contributed by atoms with Crippen molar-refractivity contribution in [2.75, 3.05) is 13.1 Å². The molecule has 0 radical (unpaired) electrons. The fourth-order valence-electron chi connectivity index (χ4n) is 4.21. The number of piperidine rings is 1. The van der Waals surface area contributed by atoms with E-state index < -0.39 is 12.0 Å². The smallest absolute Gasteiger partial charge is 0.330 e. The number of hydrogen-bond donors (Lipinski definition) is 2. The second-order valence-electron chi connectivity index (χ2n) is 7.23. The lowest BCUT2D eigenvalue weighted by Gasteiger charge is -2.42. The third-order valence-corrected chi connectivity index (χ3v) is 5.41. The van der Waals surface area contributed by atoms with Crippen LogP contribution in [0.15, 0.2) is 53.3 Å². The van der Waals surface area contributed by atoms with E-state index in [9.17, 15) is 19.5 Å². The average Bonchev–Trinajstić information content (AvgIpc) is 2.67. The van der Waals surface area contributed by atoms with Crippen LogP contribution in [0, 0.1) is 5.92 Å². The summed E-state index contributed by atoms with van der Waals surface area (Å²) < 4.78 is 1.80. The predicted octanol–water partition coefficient (Wildman–Crippen LogP) is 1.80. The number of nitrogens with one attached hydrogen (secondary N) is 1. The molecule has 2 aliphatic heterocycles. The van der Waals surface area contributed by atoms with Gasteiger partial charge in [-0.15, -0.1) is 0 Å². The van der Waals surface area contributed by atoms with Crippen LogP contribution in [0.5, 0.6) is 0 Å². The molecule has 4 rings (SSSR count). The highest BCUT2D eigenvalue weighted by Gasteiger charge is 2.37. The number of nitrogens with zero attached hydrogens (tertiary/aromatic N) is 2. The molecule has 7 heteroatoms. The van der Waals surface area contributed by atoms with E-state index in [1.165, 1.54) is 0 Å². The van der Waals surface area contributed by atoms with Crippen molar-refractivity contribution in [3.63, 3.8) is 0 Å². The van der Waals surface area contributed by atoms with E-state index >= 15 is 0 Å². The number of benzene rings is 1. The monoisotopic (exact) mass is 367 g/mol. The Morgan fingerprint density at radius 2 is 1.81 bits per heavy atom. The SMILES string of the molecule is O=C(O)[C@H](NC(=O)N1C[C@H]2C[C@@H](C1)c1cccc(=O)n1C2)c1ccccc1. The van der Waals surface area contributed by atoms with Crippen LogP contribution in [0.1, 0.15) is 29.6 Å². The number of rotatable bonds is 3. The first-order valence-electron chi connectivity index (χ1n) is 9.06. The van der Waals surface area contributed by atoms with Crippen molar-refractivity contribution in [3.8, 4) is 0 Å². The minimum absolute atomic E-state index is 0.00452. The number of likely N-dealkylation sites (tertiary alicyclic amines) is 1. The van der Waals surface area contributed by atoms with Crippen molar-refractivity contribution in [2.45, 2.75) is 24.9 Å². The molecule has 3 heterocycles. The summed E-state index contributed by atoms with van der Waals surface area (Å²) in [5.41, 5.74) is 1.48. The molecule has 2 N–H and O–H groups in total. The zero-order valence-electron chi connectivity index (χ0n) is 14.7. The third-order valence-electron chi connectivity index (χ3n) is 5.41. The Kier molecular flexibility index (Phi) is 4.43. The van der Waals surface area contributed by atoms with Gasteiger partial charge >= 0.3 is 12.0 Å². The van der Waals surface area contributed by atoms with Gasteiger partial charge in [-0.2, -0.15) is 0 Å². The number of pyridine rings is 1. The minimum Gasteiger partial charge on any atom is -0.479 e. The van der Waals surface area contributed by atoms with Gasteiger partial charge in [0.05, 0.1) is 0 Å². The quantitative estimate of drug-likeness (QED) is 0.865. The third kappa shape index (κ3) is 3.32. The molecular weight excluding hydrogens is 346 g/mol. The molecule has 140 valence electrons. The summed E-state index contributed by atoms with van der Waals surface area (Å²) in [5.74, 6) is -0.803. The van der Waals surface area contributed by atoms with Gasteiger partial charge in [-0.05, 0) is 24.0 Å². The molecule has 0 spiro atoms. The van der Waals surface area contributed by atoms with Crippen molar-refractivity contribution in [2.24, 2.45) is 5.92 Å². The molecule has 1 aromatic carbocycles. The van der Waals surface area contributed by atoms with E-state index in [0.717, 1.165) is 12.1 Å². The highest BCUT2D eigenvalue weighted by atomic mass is 16.4. The lowest BCUT2D eigenvalue weighted by Crippen LogP contribution is -2.52. The fourth-order valence-corrected chi connectivity index (χ4v) is 4.21. The Morgan fingerprint density at radius 3 is 2.56 bits per heavy atom. The van der Waals surface area contributed by atoms with Gasteiger partial charge in [-0.25, -0.2) is 9.59 Å². The Labute approximate surface area is 156 Å². The van der Waals surface area contributed by atoms with Gasteiger partial charge in [0.1, 0.15) is 0 Å². The van der Waals surface area contributed by atoms with Gasteiger partial charge in [-0.1, -0.05) is 36.4 Å². The minimum atomic E-state index is -1.09. The molecule has 1 fully saturated rings. The number of carbonyl (C=O) groups is 2. The highest BCUT2D eigenvalue weighted by molar-refractivity contribution is 5.83. The maximum absolute atomic E-state index is 12.8. The Hall–Kier alpha value is -3.09. The van der Waals surface area contributed by atoms with Crippen molar-refractivity contribution >= 4 is 12.0 Å². The molecule has 2 aliphatic rings. The number of carboxylic acid groups (broad SMARTS) is 1. The molecule has 7 nitrogen and oxygen atoms in total. The first-order valence-corrected chi connectivity index (χ1v) is 9.06. The van der Waals surface area contributed by atoms with Gasteiger partial charge in [0, 0.05) is 37.3 Å². The number of carbonyl (C=O) groups excluding carboxylic acids is 1. The normalized spacial score (nSPS) is 21.9. The second kappa shape index (κ2) is 6.90. The van der Waals surface area contributed by atoms with Crippen LogP contribution < -0.4 is 10.9 Å². The summed E-state index contributed by atoms with van der Waals surface area (Å²) in [7, 11) is 0. The molecule has 27 heavy (non-hydrogen) atoms. The van der Waals surface area contributed by atoms with Gasteiger partial charge in [0.25, 0.3) is 5.56 Å². The zero-order valence-corrected chi connectivity index (χ0v) is 14.7. The summed E-state index contributed by atoms with van der Waals surface area (Å²) >= 11 is 0. The van der Waals surface area contributed by atoms with Gasteiger partial charge < -0.3 is 19.9 Å². The number of fused-ring (bicyclic) bond motifs is 4. The Balaban J connectivity index is 1.52. The molecule has 1 aromatic heterocycles. The Morgan fingerprint density at radius 1 is 1.04 bits per heavy atom. The number of amides is 2. The van der Waals surface area contributed by atoms with Crippen LogP contribution in [0.25, 0.3) is 0 Å². The second-order valence-corrected chi connectivity index (χ2v) is 7.23. The molecule has 1 saturated heterocycles. The largest absolute Gasteiger partial charge is 0.479 e. The lowest BCUT2D eigenvalue weighted by atomic mass is 9.83. The average molecular weight is 367 g/mol. The van der Waals surface area contributed by atoms with Gasteiger partial charge in [-0.3, -0.25) is 4.79 Å². The fraction of sp³-hybridized carbons (Fsp3) is 0.350. The maximum atomic E-state index is 12.8. The number of urea groups is 1. The molecule has 2 amide bonds. The van der Waals surface area contributed by atoms with E-state index in [0.29, 0.717) is 25.2 Å². The maximum Gasteiger partial charge on any atom is 0.330 e. The van der Waals surface area contributed by atoms with Crippen LogP contribution in [-0.4, -0.2) is 39.7 Å². The first kappa shape index (κ1) is 17.3. The number of aliphatic carboxylic acids is 1. The highest BCUT2D eigenvalue weighted by Crippen LogP contribution is 2.35. The number of carboxylic acids is 1. The zero-order chi connectivity index (χ0) is 19.0. The first-order chi connectivity index (χ1) is 13.0. The molecule has 3 atom stereocenters. The van der Waals surface area contributed by atoms with Crippen molar-refractivity contribution in [1.82, 2.24) is 14.8 Å². The summed E-state index contributed by atoms with van der Waals surface area (Å²) in [6.45, 7) is 1.59. The van der Waals surface area contributed by atoms with Crippen molar-refractivity contribution < 1.29 is 14.7 Å². The van der Waals surface area contributed by atoms with E-state index in [2.05, 4.69) is 5.32 Å². The van der Waals surface area contributed by atoms with E-state index in [1.807, 2.05) is 6.07 Å². The molecule has 0 saturated carbocycles. The summed E-state index contributed by atoms with van der Waals surface area (Å²) in [5, 5.41) is 12.2. The van der Waals surface area contributed by atoms with Crippen LogP contribution >= 0.6 is 0 Å². The molecule has 0 aliphatic carbocycles. The van der Waals surface area contributed by atoms with E-state index in [4.69, 9.17) is 0 Å². The van der Waals surface area contributed by atoms with Crippen molar-refractivity contribution in [1.29, 1.82) is 0 Å². The van der Waals surface area contributed by atoms with E-state index in [-0.39, 0.29) is 23.4 Å². The molecule has 2 bridgehead atoms. The molecule has 0 unspecified atom stereocenters.